The van der Waals surface area contributed by atoms with Gasteiger partial charge in [0.05, 0.1) is 11.3 Å². The van der Waals surface area contributed by atoms with E-state index < -0.39 is 11.7 Å². The summed E-state index contributed by atoms with van der Waals surface area (Å²) in [7, 11) is 0. The zero-order valence-corrected chi connectivity index (χ0v) is 9.78. The molecule has 18 heavy (non-hydrogen) atoms. The Balaban J connectivity index is 2.09. The molecule has 1 fully saturated rings. The van der Waals surface area contributed by atoms with Crippen LogP contribution in [0.25, 0.3) is 0 Å². The summed E-state index contributed by atoms with van der Waals surface area (Å²) >= 11 is 0. The first-order chi connectivity index (χ1) is 8.48. The third-order valence-electron chi connectivity index (χ3n) is 3.23. The highest BCUT2D eigenvalue weighted by Gasteiger charge is 2.31. The summed E-state index contributed by atoms with van der Waals surface area (Å²) in [5, 5.41) is 0. The number of ether oxygens (including phenoxy) is 1. The lowest BCUT2D eigenvalue weighted by atomic mass is 9.90. The van der Waals surface area contributed by atoms with Gasteiger partial charge in [0.1, 0.15) is 0 Å². The zero-order valence-electron chi connectivity index (χ0n) is 9.78. The summed E-state index contributed by atoms with van der Waals surface area (Å²) in [6.45, 7) is 1.30. The van der Waals surface area contributed by atoms with Crippen molar-refractivity contribution in [3.8, 4) is 0 Å². The number of hydrogen-bond donors (Lipinski definition) is 1. The minimum atomic E-state index is -4.35. The van der Waals surface area contributed by atoms with Crippen molar-refractivity contribution in [2.75, 3.05) is 13.2 Å². The van der Waals surface area contributed by atoms with Gasteiger partial charge in [-0.2, -0.15) is 13.2 Å². The first-order valence-electron chi connectivity index (χ1n) is 5.85. The standard InChI is InChI=1S/C12H15F3N2O/c13-12(14,15)9-1-2-10(17-7-9)11(16)8-3-5-18-6-4-8/h1-2,7-8,11H,3-6,16H2. The molecule has 0 bridgehead atoms. The number of nitrogens with two attached hydrogens (primary N) is 1. The van der Waals surface area contributed by atoms with E-state index in [2.05, 4.69) is 4.98 Å². The third-order valence-corrected chi connectivity index (χ3v) is 3.23. The number of pyridine rings is 1. The van der Waals surface area contributed by atoms with Crippen LogP contribution in [0.15, 0.2) is 18.3 Å². The Kier molecular flexibility index (Phi) is 3.87. The SMILES string of the molecule is NC(c1ccc(C(F)(F)F)cn1)C1CCOCC1. The lowest BCUT2D eigenvalue weighted by molar-refractivity contribution is -0.137. The van der Waals surface area contributed by atoms with E-state index in [0.717, 1.165) is 25.1 Å². The van der Waals surface area contributed by atoms with E-state index in [0.29, 0.717) is 18.9 Å². The fourth-order valence-electron chi connectivity index (χ4n) is 2.09. The van der Waals surface area contributed by atoms with Crippen molar-refractivity contribution in [2.24, 2.45) is 11.7 Å². The first kappa shape index (κ1) is 13.3. The van der Waals surface area contributed by atoms with Gasteiger partial charge in [-0.05, 0) is 30.9 Å². The van der Waals surface area contributed by atoms with Crippen LogP contribution in [0.5, 0.6) is 0 Å². The first-order valence-corrected chi connectivity index (χ1v) is 5.85. The van der Waals surface area contributed by atoms with E-state index in [1.54, 1.807) is 0 Å². The van der Waals surface area contributed by atoms with Crippen LogP contribution in [0.1, 0.15) is 30.1 Å². The van der Waals surface area contributed by atoms with Crippen molar-refractivity contribution in [3.63, 3.8) is 0 Å². The monoisotopic (exact) mass is 260 g/mol. The van der Waals surface area contributed by atoms with Crippen LogP contribution >= 0.6 is 0 Å². The molecule has 1 aliphatic heterocycles. The predicted octanol–water partition coefficient (Wildman–Crippen LogP) is 2.53. The van der Waals surface area contributed by atoms with Crippen LogP contribution in [0.3, 0.4) is 0 Å². The van der Waals surface area contributed by atoms with Crippen molar-refractivity contribution in [1.29, 1.82) is 0 Å². The summed E-state index contributed by atoms with van der Waals surface area (Å²) in [5.74, 6) is 0.225. The maximum absolute atomic E-state index is 12.4. The second kappa shape index (κ2) is 5.24. The Labute approximate surface area is 103 Å². The smallest absolute Gasteiger partial charge is 0.381 e. The average Bonchev–Trinajstić information content (AvgIpc) is 2.38. The summed E-state index contributed by atoms with van der Waals surface area (Å²) in [6.07, 6.45) is -1.86. The molecule has 2 heterocycles. The fourth-order valence-corrected chi connectivity index (χ4v) is 2.09. The highest BCUT2D eigenvalue weighted by atomic mass is 19.4. The fraction of sp³-hybridized carbons (Fsp3) is 0.583. The molecule has 1 aromatic heterocycles. The highest BCUT2D eigenvalue weighted by molar-refractivity contribution is 5.19. The van der Waals surface area contributed by atoms with Gasteiger partial charge in [-0.3, -0.25) is 4.98 Å². The molecule has 0 aliphatic carbocycles. The lowest BCUT2D eigenvalue weighted by Gasteiger charge is -2.27. The Morgan fingerprint density at radius 1 is 1.28 bits per heavy atom. The molecule has 1 aliphatic rings. The maximum Gasteiger partial charge on any atom is 0.417 e. The maximum atomic E-state index is 12.4. The van der Waals surface area contributed by atoms with Gasteiger partial charge in [0.15, 0.2) is 0 Å². The van der Waals surface area contributed by atoms with Gasteiger partial charge in [0.2, 0.25) is 0 Å². The van der Waals surface area contributed by atoms with E-state index in [1.165, 1.54) is 6.07 Å². The molecular formula is C12H15F3N2O. The molecule has 3 nitrogen and oxygen atoms in total. The number of alkyl halides is 3. The van der Waals surface area contributed by atoms with Gasteiger partial charge in [-0.25, -0.2) is 0 Å². The molecule has 1 atom stereocenters. The van der Waals surface area contributed by atoms with E-state index in [-0.39, 0.29) is 12.0 Å². The Morgan fingerprint density at radius 3 is 2.44 bits per heavy atom. The van der Waals surface area contributed by atoms with E-state index in [4.69, 9.17) is 10.5 Å². The number of halogens is 3. The summed E-state index contributed by atoms with van der Waals surface area (Å²) in [5.41, 5.74) is 5.79. The molecule has 1 aromatic rings. The van der Waals surface area contributed by atoms with Gasteiger partial charge >= 0.3 is 6.18 Å². The molecule has 1 saturated heterocycles. The van der Waals surface area contributed by atoms with Gasteiger partial charge in [-0.15, -0.1) is 0 Å². The minimum Gasteiger partial charge on any atom is -0.381 e. The molecule has 0 saturated carbocycles. The largest absolute Gasteiger partial charge is 0.417 e. The zero-order chi connectivity index (χ0) is 13.2. The number of nitrogens with zero attached hydrogens (tertiary/aromatic N) is 1. The Morgan fingerprint density at radius 2 is 1.94 bits per heavy atom. The van der Waals surface area contributed by atoms with Gasteiger partial charge < -0.3 is 10.5 Å². The summed E-state index contributed by atoms with van der Waals surface area (Å²) in [4.78, 5) is 3.83. The van der Waals surface area contributed by atoms with E-state index >= 15 is 0 Å². The van der Waals surface area contributed by atoms with Crippen LogP contribution in [0.4, 0.5) is 13.2 Å². The second-order valence-corrected chi connectivity index (χ2v) is 4.45. The second-order valence-electron chi connectivity index (χ2n) is 4.45. The molecule has 1 unspecified atom stereocenters. The van der Waals surface area contributed by atoms with Crippen molar-refractivity contribution in [3.05, 3.63) is 29.6 Å². The van der Waals surface area contributed by atoms with Gasteiger partial charge in [0.25, 0.3) is 0 Å². The molecule has 6 heteroatoms. The van der Waals surface area contributed by atoms with Crippen molar-refractivity contribution in [2.45, 2.75) is 25.1 Å². The van der Waals surface area contributed by atoms with Crippen molar-refractivity contribution < 1.29 is 17.9 Å². The van der Waals surface area contributed by atoms with E-state index in [9.17, 15) is 13.2 Å². The van der Waals surface area contributed by atoms with Gasteiger partial charge in [-0.1, -0.05) is 0 Å². The molecule has 0 amide bonds. The summed E-state index contributed by atoms with van der Waals surface area (Å²) < 4.78 is 42.4. The van der Waals surface area contributed by atoms with Gasteiger partial charge in [0, 0.05) is 25.5 Å². The highest BCUT2D eigenvalue weighted by Crippen LogP contribution is 2.31. The molecule has 2 N–H and O–H groups in total. The Bertz CT molecular complexity index is 385. The normalized spacial score (nSPS) is 19.8. The van der Waals surface area contributed by atoms with Crippen molar-refractivity contribution in [1.82, 2.24) is 4.98 Å². The van der Waals surface area contributed by atoms with E-state index in [1.807, 2.05) is 0 Å². The lowest BCUT2D eigenvalue weighted by Crippen LogP contribution is -2.28. The van der Waals surface area contributed by atoms with Crippen LogP contribution in [0, 0.1) is 5.92 Å². The van der Waals surface area contributed by atoms with Crippen LogP contribution in [-0.4, -0.2) is 18.2 Å². The Hall–Kier alpha value is -1.14. The topological polar surface area (TPSA) is 48.1 Å². The quantitative estimate of drug-likeness (QED) is 0.888. The van der Waals surface area contributed by atoms with Crippen molar-refractivity contribution >= 4 is 0 Å². The van der Waals surface area contributed by atoms with Crippen LogP contribution in [-0.2, 0) is 10.9 Å². The summed E-state index contributed by atoms with van der Waals surface area (Å²) in [6, 6.07) is 2.07. The molecule has 0 spiro atoms. The number of hydrogen-bond acceptors (Lipinski definition) is 3. The molecule has 100 valence electrons. The molecular weight excluding hydrogens is 245 g/mol. The molecule has 0 aromatic carbocycles. The minimum absolute atomic E-state index is 0.225. The molecule has 0 radical (unpaired) electrons. The number of rotatable bonds is 2. The third kappa shape index (κ3) is 3.00. The van der Waals surface area contributed by atoms with Crippen LogP contribution in [0.2, 0.25) is 0 Å². The van der Waals surface area contributed by atoms with Crippen LogP contribution < -0.4 is 5.73 Å². The predicted molar refractivity (Wildman–Crippen MR) is 59.7 cm³/mol. The molecule has 2 rings (SSSR count). The average molecular weight is 260 g/mol. The number of aromatic nitrogens is 1.